The zero-order valence-corrected chi connectivity index (χ0v) is 12.7. The number of anilines is 1. The SMILES string of the molecule is Cc1ccc(NC(=O)NC(=O)C23COP(=O)(OC2)OC3)cc1. The van der Waals surface area contributed by atoms with Gasteiger partial charge in [-0.15, -0.1) is 0 Å². The normalized spacial score (nSPS) is 29.9. The number of carbonyl (C=O) groups excluding carboxylic acids is 2. The van der Waals surface area contributed by atoms with Crippen molar-refractivity contribution in [1.82, 2.24) is 5.32 Å². The molecule has 0 aliphatic carbocycles. The van der Waals surface area contributed by atoms with Crippen LogP contribution in [0, 0.1) is 12.3 Å². The number of hydrogen-bond acceptors (Lipinski definition) is 6. The molecule has 0 radical (unpaired) electrons. The van der Waals surface area contributed by atoms with Crippen molar-refractivity contribution in [2.24, 2.45) is 5.41 Å². The van der Waals surface area contributed by atoms with Crippen LogP contribution in [0.25, 0.3) is 0 Å². The third-order valence-electron chi connectivity index (χ3n) is 3.52. The highest BCUT2D eigenvalue weighted by atomic mass is 31.2. The minimum absolute atomic E-state index is 0.103. The van der Waals surface area contributed by atoms with Crippen molar-refractivity contribution in [3.8, 4) is 0 Å². The summed E-state index contributed by atoms with van der Waals surface area (Å²) >= 11 is 0. The molecule has 22 heavy (non-hydrogen) atoms. The third-order valence-corrected chi connectivity index (χ3v) is 4.85. The number of phosphoric acid groups is 1. The molecule has 0 unspecified atom stereocenters. The van der Waals surface area contributed by atoms with Crippen molar-refractivity contribution in [2.75, 3.05) is 25.1 Å². The molecule has 1 aromatic carbocycles. The molecule has 9 heteroatoms. The fraction of sp³-hybridized carbons (Fsp3) is 0.385. The van der Waals surface area contributed by atoms with Crippen LogP contribution in [0.2, 0.25) is 0 Å². The largest absolute Gasteiger partial charge is 0.474 e. The van der Waals surface area contributed by atoms with Crippen LogP contribution >= 0.6 is 7.82 Å². The molecule has 8 nitrogen and oxygen atoms in total. The van der Waals surface area contributed by atoms with Gasteiger partial charge in [0.25, 0.3) is 0 Å². The van der Waals surface area contributed by atoms with Crippen LogP contribution in [0.15, 0.2) is 24.3 Å². The van der Waals surface area contributed by atoms with Gasteiger partial charge < -0.3 is 5.32 Å². The van der Waals surface area contributed by atoms with E-state index in [0.29, 0.717) is 5.69 Å². The first-order valence-corrected chi connectivity index (χ1v) is 8.10. The summed E-state index contributed by atoms with van der Waals surface area (Å²) in [7, 11) is -3.48. The maximum atomic E-state index is 12.2. The molecule has 0 aromatic heterocycles. The molecule has 3 aliphatic rings. The van der Waals surface area contributed by atoms with Crippen LogP contribution < -0.4 is 10.6 Å². The highest BCUT2D eigenvalue weighted by Crippen LogP contribution is 2.59. The Labute approximate surface area is 126 Å². The molecule has 3 heterocycles. The topological polar surface area (TPSA) is 103 Å². The number of urea groups is 1. The predicted molar refractivity (Wildman–Crippen MR) is 76.2 cm³/mol. The lowest BCUT2D eigenvalue weighted by atomic mass is 9.90. The molecular formula is C13H15N2O6P. The fourth-order valence-electron chi connectivity index (χ4n) is 2.08. The van der Waals surface area contributed by atoms with Crippen molar-refractivity contribution in [1.29, 1.82) is 0 Å². The summed E-state index contributed by atoms with van der Waals surface area (Å²) in [6, 6.07) is 6.47. The Kier molecular flexibility index (Phi) is 3.78. The zero-order chi connectivity index (χ0) is 15.8. The standard InChI is InChI=1S/C13H15N2O6P/c1-9-2-4-10(5-3-9)14-12(17)15-11(16)13-6-19-22(18,20-7-13)21-8-13/h2-5H,6-8H2,1H3,(H2,14,15,16,17). The maximum Gasteiger partial charge on any atom is 0.474 e. The number of aryl methyl sites for hydroxylation is 1. The third kappa shape index (κ3) is 2.91. The molecule has 0 atom stereocenters. The number of hydrogen-bond donors (Lipinski definition) is 2. The van der Waals surface area contributed by atoms with Gasteiger partial charge in [0, 0.05) is 5.69 Å². The summed E-state index contributed by atoms with van der Waals surface area (Å²) in [6.07, 6.45) is 0. The van der Waals surface area contributed by atoms with Gasteiger partial charge in [-0.2, -0.15) is 0 Å². The van der Waals surface area contributed by atoms with Crippen LogP contribution in [-0.4, -0.2) is 31.8 Å². The summed E-state index contributed by atoms with van der Waals surface area (Å²) in [5.41, 5.74) is 0.465. The molecule has 0 spiro atoms. The van der Waals surface area contributed by atoms with Crippen molar-refractivity contribution in [3.05, 3.63) is 29.8 Å². The molecule has 2 N–H and O–H groups in total. The Hall–Kier alpha value is -1.73. The van der Waals surface area contributed by atoms with Crippen LogP contribution in [0.1, 0.15) is 5.56 Å². The van der Waals surface area contributed by atoms with Gasteiger partial charge in [-0.3, -0.25) is 23.7 Å². The number of nitrogens with one attached hydrogen (secondary N) is 2. The lowest BCUT2D eigenvalue weighted by Crippen LogP contribution is -2.56. The average Bonchev–Trinajstić information content (AvgIpc) is 2.50. The molecule has 0 saturated carbocycles. The van der Waals surface area contributed by atoms with E-state index in [0.717, 1.165) is 5.56 Å². The van der Waals surface area contributed by atoms with Gasteiger partial charge in [-0.1, -0.05) is 17.7 Å². The summed E-state index contributed by atoms with van der Waals surface area (Å²) in [5.74, 6) is -0.594. The first-order valence-electron chi connectivity index (χ1n) is 6.64. The number of rotatable bonds is 2. The Morgan fingerprint density at radius 1 is 1.09 bits per heavy atom. The van der Waals surface area contributed by atoms with Gasteiger partial charge in [-0.25, -0.2) is 9.36 Å². The van der Waals surface area contributed by atoms with Crippen molar-refractivity contribution >= 4 is 25.4 Å². The van der Waals surface area contributed by atoms with Crippen molar-refractivity contribution in [2.45, 2.75) is 6.92 Å². The van der Waals surface area contributed by atoms with Crippen LogP contribution in [-0.2, 0) is 22.9 Å². The van der Waals surface area contributed by atoms with Crippen LogP contribution in [0.3, 0.4) is 0 Å². The number of fused-ring (bicyclic) bond motifs is 3. The summed E-state index contributed by atoms with van der Waals surface area (Å²) in [6.45, 7) is 1.62. The van der Waals surface area contributed by atoms with E-state index in [-0.39, 0.29) is 19.8 Å². The molecular weight excluding hydrogens is 311 g/mol. The van der Waals surface area contributed by atoms with Gasteiger partial charge in [0.1, 0.15) is 5.41 Å². The van der Waals surface area contributed by atoms with Crippen molar-refractivity contribution < 1.29 is 27.7 Å². The number of phosphoric ester groups is 1. The van der Waals surface area contributed by atoms with E-state index >= 15 is 0 Å². The van der Waals surface area contributed by atoms with Gasteiger partial charge >= 0.3 is 13.9 Å². The van der Waals surface area contributed by atoms with Gasteiger partial charge in [-0.05, 0) is 19.1 Å². The second-order valence-electron chi connectivity index (χ2n) is 5.32. The molecule has 4 rings (SSSR count). The van der Waals surface area contributed by atoms with Gasteiger partial charge in [0.2, 0.25) is 5.91 Å². The minimum Gasteiger partial charge on any atom is -0.308 e. The molecule has 3 aliphatic heterocycles. The Morgan fingerprint density at radius 2 is 1.64 bits per heavy atom. The maximum absolute atomic E-state index is 12.2. The monoisotopic (exact) mass is 326 g/mol. The number of imide groups is 1. The minimum atomic E-state index is -3.48. The first kappa shape index (κ1) is 15.2. The number of benzene rings is 1. The highest BCUT2D eigenvalue weighted by molar-refractivity contribution is 7.48. The predicted octanol–water partition coefficient (Wildman–Crippen LogP) is 1.81. The van der Waals surface area contributed by atoms with E-state index in [1.165, 1.54) is 0 Å². The van der Waals surface area contributed by atoms with E-state index in [4.69, 9.17) is 13.6 Å². The Balaban J connectivity index is 1.61. The Bertz CT molecular complexity index is 628. The molecule has 2 bridgehead atoms. The highest BCUT2D eigenvalue weighted by Gasteiger charge is 2.55. The van der Waals surface area contributed by atoms with Gasteiger partial charge in [0.05, 0.1) is 19.8 Å². The fourth-order valence-corrected chi connectivity index (χ4v) is 3.52. The first-order chi connectivity index (χ1) is 10.4. The van der Waals surface area contributed by atoms with Crippen molar-refractivity contribution in [3.63, 3.8) is 0 Å². The Morgan fingerprint density at radius 3 is 2.18 bits per heavy atom. The smallest absolute Gasteiger partial charge is 0.308 e. The summed E-state index contributed by atoms with van der Waals surface area (Å²) in [5, 5.41) is 4.78. The lowest BCUT2D eigenvalue weighted by Gasteiger charge is -2.42. The van der Waals surface area contributed by atoms with E-state index in [1.807, 2.05) is 19.1 Å². The molecule has 1 aromatic rings. The van der Waals surface area contributed by atoms with E-state index in [2.05, 4.69) is 10.6 Å². The second-order valence-corrected chi connectivity index (χ2v) is 6.99. The summed E-state index contributed by atoms with van der Waals surface area (Å²) < 4.78 is 26.4. The second kappa shape index (κ2) is 5.48. The lowest BCUT2D eigenvalue weighted by molar-refractivity contribution is -0.151. The van der Waals surface area contributed by atoms with E-state index < -0.39 is 25.2 Å². The average molecular weight is 326 g/mol. The molecule has 3 amide bonds. The molecule has 3 saturated heterocycles. The van der Waals surface area contributed by atoms with E-state index in [1.54, 1.807) is 12.1 Å². The van der Waals surface area contributed by atoms with Crippen LogP contribution in [0.4, 0.5) is 10.5 Å². The number of amides is 3. The van der Waals surface area contributed by atoms with Crippen LogP contribution in [0.5, 0.6) is 0 Å². The zero-order valence-electron chi connectivity index (χ0n) is 11.8. The quantitative estimate of drug-likeness (QED) is 0.804. The molecule has 118 valence electrons. The summed E-state index contributed by atoms with van der Waals surface area (Å²) in [4.78, 5) is 24.1. The molecule has 3 fully saturated rings. The number of carbonyl (C=O) groups is 2. The van der Waals surface area contributed by atoms with Gasteiger partial charge in [0.15, 0.2) is 0 Å². The van der Waals surface area contributed by atoms with E-state index in [9.17, 15) is 14.2 Å².